The van der Waals surface area contributed by atoms with Crippen LogP contribution in [0.2, 0.25) is 0 Å². The van der Waals surface area contributed by atoms with Crippen molar-refractivity contribution in [3.8, 4) is 17.2 Å². The maximum atomic E-state index is 13.7. The average Bonchev–Trinajstić information content (AvgIpc) is 3.35. The van der Waals surface area contributed by atoms with Gasteiger partial charge in [-0.2, -0.15) is 5.10 Å². The lowest BCUT2D eigenvalue weighted by molar-refractivity contribution is -0.143. The maximum Gasteiger partial charge on any atom is 0.262 e. The molecule has 0 spiro atoms. The summed E-state index contributed by atoms with van der Waals surface area (Å²) in [6, 6.07) is 12.6. The summed E-state index contributed by atoms with van der Waals surface area (Å²) in [6.45, 7) is 4.16. The van der Waals surface area contributed by atoms with Crippen LogP contribution in [0.25, 0.3) is 0 Å². The molecule has 9 heteroatoms. The van der Waals surface area contributed by atoms with Gasteiger partial charge in [0.15, 0.2) is 0 Å². The number of hydrogen-bond donors (Lipinski definition) is 0. The molecule has 0 unspecified atom stereocenters. The Bertz CT molecular complexity index is 1080. The number of carbonyl (C=O) groups excluding carboxylic acids is 2. The van der Waals surface area contributed by atoms with Gasteiger partial charge >= 0.3 is 0 Å². The number of carbonyl (C=O) groups is 2. The molecule has 0 saturated heterocycles. The van der Waals surface area contributed by atoms with Crippen LogP contribution in [-0.4, -0.2) is 75.6 Å². The van der Waals surface area contributed by atoms with Gasteiger partial charge < -0.3 is 23.8 Å². The highest BCUT2D eigenvalue weighted by Gasteiger charge is 2.36. The summed E-state index contributed by atoms with van der Waals surface area (Å²) in [5.74, 6) is 1.35. The third-order valence-corrected chi connectivity index (χ3v) is 6.08. The largest absolute Gasteiger partial charge is 0.497 e. The van der Waals surface area contributed by atoms with Crippen molar-refractivity contribution in [3.63, 3.8) is 0 Å². The Hall–Kier alpha value is -3.59. The minimum Gasteiger partial charge on any atom is -0.497 e. The smallest absolute Gasteiger partial charge is 0.262 e. The van der Waals surface area contributed by atoms with Gasteiger partial charge in [0, 0.05) is 31.6 Å². The van der Waals surface area contributed by atoms with Crippen LogP contribution in [0.4, 0.5) is 0 Å². The first-order valence-corrected chi connectivity index (χ1v) is 11.9. The van der Waals surface area contributed by atoms with Gasteiger partial charge in [-0.15, -0.1) is 0 Å². The van der Waals surface area contributed by atoms with E-state index in [0.29, 0.717) is 31.1 Å². The van der Waals surface area contributed by atoms with Crippen molar-refractivity contribution < 1.29 is 28.5 Å². The summed E-state index contributed by atoms with van der Waals surface area (Å²) in [6.07, 6.45) is 0.470. The molecule has 36 heavy (non-hydrogen) atoms. The Morgan fingerprint density at radius 2 is 1.67 bits per heavy atom. The van der Waals surface area contributed by atoms with Crippen molar-refractivity contribution in [3.05, 3.63) is 53.6 Å². The van der Waals surface area contributed by atoms with Gasteiger partial charge in [-0.3, -0.25) is 9.59 Å². The first kappa shape index (κ1) is 27.0. The standard InChI is InChI=1S/C27H35N3O6/c1-18(2)27(32)29(13-14-33-3)17-26(31)30-24(22-15-21(35-5)11-12-25(22)36-6)16-23(28-30)19-7-9-20(34-4)10-8-19/h7-12,15,18,24H,13-14,16-17H2,1-6H3/t24-/m0/s1. The van der Waals surface area contributed by atoms with Gasteiger partial charge in [0.1, 0.15) is 23.8 Å². The summed E-state index contributed by atoms with van der Waals surface area (Å²) in [5.41, 5.74) is 2.41. The highest BCUT2D eigenvalue weighted by Crippen LogP contribution is 2.39. The molecule has 0 aliphatic carbocycles. The third kappa shape index (κ3) is 6.15. The van der Waals surface area contributed by atoms with Gasteiger partial charge in [-0.1, -0.05) is 13.8 Å². The molecule has 2 amide bonds. The molecule has 3 rings (SSSR count). The second-order valence-corrected chi connectivity index (χ2v) is 8.75. The molecule has 1 heterocycles. The molecule has 1 aliphatic rings. The Balaban J connectivity index is 1.99. The monoisotopic (exact) mass is 497 g/mol. The van der Waals surface area contributed by atoms with Crippen LogP contribution in [0.15, 0.2) is 47.6 Å². The SMILES string of the molecule is COCCN(CC(=O)N1N=C(c2ccc(OC)cc2)C[C@H]1c1cc(OC)ccc1OC)C(=O)C(C)C. The van der Waals surface area contributed by atoms with E-state index in [0.717, 1.165) is 22.6 Å². The number of benzene rings is 2. The molecule has 0 aromatic heterocycles. The summed E-state index contributed by atoms with van der Waals surface area (Å²) in [5, 5.41) is 6.20. The van der Waals surface area contributed by atoms with Crippen LogP contribution in [0, 0.1) is 5.92 Å². The molecule has 0 fully saturated rings. The van der Waals surface area contributed by atoms with Gasteiger partial charge in [-0.05, 0) is 48.0 Å². The van der Waals surface area contributed by atoms with E-state index < -0.39 is 6.04 Å². The second-order valence-electron chi connectivity index (χ2n) is 8.75. The summed E-state index contributed by atoms with van der Waals surface area (Å²) >= 11 is 0. The van der Waals surface area contributed by atoms with Crippen LogP contribution >= 0.6 is 0 Å². The zero-order chi connectivity index (χ0) is 26.2. The maximum absolute atomic E-state index is 13.7. The number of ether oxygens (including phenoxy) is 4. The Morgan fingerprint density at radius 1 is 1.00 bits per heavy atom. The zero-order valence-corrected chi connectivity index (χ0v) is 21.8. The van der Waals surface area contributed by atoms with Crippen molar-refractivity contribution in [1.82, 2.24) is 9.91 Å². The molecule has 194 valence electrons. The van der Waals surface area contributed by atoms with E-state index in [2.05, 4.69) is 0 Å². The van der Waals surface area contributed by atoms with Crippen LogP contribution in [0.5, 0.6) is 17.2 Å². The molecule has 1 atom stereocenters. The van der Waals surface area contributed by atoms with Gasteiger partial charge in [0.05, 0.1) is 39.7 Å². The molecule has 0 saturated carbocycles. The van der Waals surface area contributed by atoms with Crippen LogP contribution < -0.4 is 14.2 Å². The number of amides is 2. The molecular formula is C27H35N3O6. The Labute approximate surface area is 212 Å². The van der Waals surface area contributed by atoms with E-state index in [1.165, 1.54) is 9.91 Å². The molecule has 0 bridgehead atoms. The molecule has 2 aromatic rings. The van der Waals surface area contributed by atoms with Gasteiger partial charge in [0.2, 0.25) is 5.91 Å². The lowest BCUT2D eigenvalue weighted by Crippen LogP contribution is -2.44. The Kier molecular flexibility index (Phi) is 9.30. The fourth-order valence-electron chi connectivity index (χ4n) is 4.11. The second kappa shape index (κ2) is 12.4. The van der Waals surface area contributed by atoms with E-state index in [4.69, 9.17) is 24.0 Å². The predicted octanol–water partition coefficient (Wildman–Crippen LogP) is 3.52. The lowest BCUT2D eigenvalue weighted by Gasteiger charge is -2.28. The number of nitrogens with zero attached hydrogens (tertiary/aromatic N) is 3. The highest BCUT2D eigenvalue weighted by atomic mass is 16.5. The summed E-state index contributed by atoms with van der Waals surface area (Å²) < 4.78 is 21.5. The third-order valence-electron chi connectivity index (χ3n) is 6.08. The molecule has 0 N–H and O–H groups in total. The van der Waals surface area contributed by atoms with E-state index >= 15 is 0 Å². The van der Waals surface area contributed by atoms with Crippen LogP contribution in [0.1, 0.15) is 37.4 Å². The number of hydrogen-bond acceptors (Lipinski definition) is 7. The summed E-state index contributed by atoms with van der Waals surface area (Å²) in [7, 11) is 6.36. The molecule has 0 radical (unpaired) electrons. The summed E-state index contributed by atoms with van der Waals surface area (Å²) in [4.78, 5) is 28.0. The van der Waals surface area contributed by atoms with Crippen LogP contribution in [0.3, 0.4) is 0 Å². The van der Waals surface area contributed by atoms with Crippen molar-refractivity contribution in [1.29, 1.82) is 0 Å². The van der Waals surface area contributed by atoms with E-state index in [1.54, 1.807) is 28.4 Å². The van der Waals surface area contributed by atoms with Gasteiger partial charge in [0.25, 0.3) is 5.91 Å². The Morgan fingerprint density at radius 3 is 2.25 bits per heavy atom. The van der Waals surface area contributed by atoms with E-state index in [1.807, 2.05) is 56.3 Å². The molecular weight excluding hydrogens is 462 g/mol. The lowest BCUT2D eigenvalue weighted by atomic mass is 9.97. The predicted molar refractivity (Wildman–Crippen MR) is 137 cm³/mol. The molecule has 9 nitrogen and oxygen atoms in total. The first-order chi connectivity index (χ1) is 17.3. The van der Waals surface area contributed by atoms with E-state index in [9.17, 15) is 9.59 Å². The quantitative estimate of drug-likeness (QED) is 0.472. The highest BCUT2D eigenvalue weighted by molar-refractivity contribution is 6.03. The normalized spacial score (nSPS) is 15.0. The van der Waals surface area contributed by atoms with Crippen LogP contribution in [-0.2, 0) is 14.3 Å². The number of methoxy groups -OCH3 is 4. The van der Waals surface area contributed by atoms with Crippen molar-refractivity contribution in [2.24, 2.45) is 11.0 Å². The first-order valence-electron chi connectivity index (χ1n) is 11.9. The molecule has 1 aliphatic heterocycles. The fraction of sp³-hybridized carbons (Fsp3) is 0.444. The van der Waals surface area contributed by atoms with E-state index in [-0.39, 0.29) is 24.3 Å². The molecule has 2 aromatic carbocycles. The number of hydrazone groups is 1. The minimum atomic E-state index is -0.432. The average molecular weight is 498 g/mol. The van der Waals surface area contributed by atoms with Crippen molar-refractivity contribution in [2.75, 3.05) is 48.1 Å². The zero-order valence-electron chi connectivity index (χ0n) is 21.8. The topological polar surface area (TPSA) is 89.9 Å². The van der Waals surface area contributed by atoms with Crippen molar-refractivity contribution >= 4 is 17.5 Å². The fourth-order valence-corrected chi connectivity index (χ4v) is 4.11. The van der Waals surface area contributed by atoms with Crippen molar-refractivity contribution in [2.45, 2.75) is 26.3 Å². The number of rotatable bonds is 11. The van der Waals surface area contributed by atoms with Gasteiger partial charge in [-0.25, -0.2) is 5.01 Å². The minimum absolute atomic E-state index is 0.109.